The molecule has 0 spiro atoms. The first-order chi connectivity index (χ1) is 7.16. The van der Waals surface area contributed by atoms with Crippen LogP contribution in [0.2, 0.25) is 0 Å². The highest BCUT2D eigenvalue weighted by Gasteiger charge is 2.03. The lowest BCUT2D eigenvalue weighted by atomic mass is 10.1. The first-order valence-corrected chi connectivity index (χ1v) is 4.84. The second-order valence-electron chi connectivity index (χ2n) is 3.57. The lowest BCUT2D eigenvalue weighted by molar-refractivity contribution is -0.131. The van der Waals surface area contributed by atoms with E-state index in [0.717, 1.165) is 16.3 Å². The number of aryl methyl sites for hydroxylation is 1. The molecular weight excluding hydrogens is 188 g/mol. The van der Waals surface area contributed by atoms with Gasteiger partial charge in [-0.05, 0) is 24.4 Å². The Labute approximate surface area is 88.5 Å². The molecule has 2 rings (SSSR count). The smallest absolute Gasteiger partial charge is 0.308 e. The normalized spacial score (nSPS) is 10.3. The van der Waals surface area contributed by atoms with Crippen LogP contribution in [-0.4, -0.2) is 5.97 Å². The average Bonchev–Trinajstić information content (AvgIpc) is 2.18. The standard InChI is InChI=1S/C13H12O2/c1-9-6-7-11-4-3-5-13(12(11)8-9)15-10(2)14/h3-8H,1-2H3. The van der Waals surface area contributed by atoms with Crippen molar-refractivity contribution < 1.29 is 9.53 Å². The van der Waals surface area contributed by atoms with E-state index < -0.39 is 0 Å². The topological polar surface area (TPSA) is 26.3 Å². The Balaban J connectivity index is 2.63. The van der Waals surface area contributed by atoms with Gasteiger partial charge in [-0.2, -0.15) is 0 Å². The van der Waals surface area contributed by atoms with Gasteiger partial charge < -0.3 is 4.74 Å². The SMILES string of the molecule is CC(=O)Oc1cccc2ccc(C)cc12. The van der Waals surface area contributed by atoms with E-state index in [0.29, 0.717) is 5.75 Å². The Kier molecular flexibility index (Phi) is 2.42. The van der Waals surface area contributed by atoms with E-state index >= 15 is 0 Å². The zero-order chi connectivity index (χ0) is 10.8. The van der Waals surface area contributed by atoms with Crippen molar-refractivity contribution in [3.8, 4) is 5.75 Å². The van der Waals surface area contributed by atoms with Gasteiger partial charge in [-0.15, -0.1) is 0 Å². The Bertz CT molecular complexity index is 515. The molecule has 76 valence electrons. The molecule has 0 heterocycles. The molecule has 0 aromatic heterocycles. The summed E-state index contributed by atoms with van der Waals surface area (Å²) in [4.78, 5) is 10.9. The Hall–Kier alpha value is -1.83. The van der Waals surface area contributed by atoms with Gasteiger partial charge in [0.25, 0.3) is 0 Å². The third-order valence-electron chi connectivity index (χ3n) is 2.25. The molecule has 2 nitrogen and oxygen atoms in total. The van der Waals surface area contributed by atoms with Crippen LogP contribution in [0.15, 0.2) is 36.4 Å². The molecule has 0 saturated heterocycles. The monoisotopic (exact) mass is 200 g/mol. The molecule has 0 atom stereocenters. The highest BCUT2D eigenvalue weighted by molar-refractivity contribution is 5.90. The van der Waals surface area contributed by atoms with Crippen molar-refractivity contribution in [2.45, 2.75) is 13.8 Å². The number of rotatable bonds is 1. The summed E-state index contributed by atoms with van der Waals surface area (Å²) >= 11 is 0. The van der Waals surface area contributed by atoms with Crippen molar-refractivity contribution in [1.82, 2.24) is 0 Å². The Morgan fingerprint density at radius 3 is 2.73 bits per heavy atom. The number of carbonyl (C=O) groups is 1. The van der Waals surface area contributed by atoms with E-state index in [9.17, 15) is 4.79 Å². The Morgan fingerprint density at radius 2 is 2.00 bits per heavy atom. The maximum absolute atomic E-state index is 10.9. The number of benzene rings is 2. The maximum Gasteiger partial charge on any atom is 0.308 e. The van der Waals surface area contributed by atoms with Gasteiger partial charge in [-0.3, -0.25) is 4.79 Å². The number of ether oxygens (including phenoxy) is 1. The largest absolute Gasteiger partial charge is 0.426 e. The number of fused-ring (bicyclic) bond motifs is 1. The molecule has 0 fully saturated rings. The fourth-order valence-corrected chi connectivity index (χ4v) is 1.60. The van der Waals surface area contributed by atoms with Crippen LogP contribution in [0.5, 0.6) is 5.75 Å². The van der Waals surface area contributed by atoms with E-state index in [1.165, 1.54) is 6.92 Å². The molecule has 0 saturated carbocycles. The third kappa shape index (κ3) is 1.99. The second kappa shape index (κ2) is 3.73. The van der Waals surface area contributed by atoms with E-state index in [-0.39, 0.29) is 5.97 Å². The maximum atomic E-state index is 10.9. The molecule has 0 aliphatic carbocycles. The van der Waals surface area contributed by atoms with Gasteiger partial charge >= 0.3 is 5.97 Å². The molecule has 0 aliphatic rings. The number of esters is 1. The predicted octanol–water partition coefficient (Wildman–Crippen LogP) is 3.07. The van der Waals surface area contributed by atoms with E-state index in [1.54, 1.807) is 0 Å². The van der Waals surface area contributed by atoms with Crippen LogP contribution in [0, 0.1) is 6.92 Å². The minimum atomic E-state index is -0.288. The summed E-state index contributed by atoms with van der Waals surface area (Å²) in [5.74, 6) is 0.340. The van der Waals surface area contributed by atoms with Gasteiger partial charge in [0, 0.05) is 12.3 Å². The van der Waals surface area contributed by atoms with E-state index in [1.807, 2.05) is 43.3 Å². The summed E-state index contributed by atoms with van der Waals surface area (Å²) in [6.45, 7) is 3.43. The van der Waals surface area contributed by atoms with Crippen molar-refractivity contribution in [2.24, 2.45) is 0 Å². The quantitative estimate of drug-likeness (QED) is 0.522. The molecule has 0 radical (unpaired) electrons. The molecule has 0 amide bonds. The summed E-state index contributed by atoms with van der Waals surface area (Å²) in [6.07, 6.45) is 0. The van der Waals surface area contributed by atoms with Crippen molar-refractivity contribution in [3.63, 3.8) is 0 Å². The van der Waals surface area contributed by atoms with Gasteiger partial charge in [0.05, 0.1) is 0 Å². The van der Waals surface area contributed by atoms with Crippen LogP contribution in [0.4, 0.5) is 0 Å². The molecule has 0 N–H and O–H groups in total. The van der Waals surface area contributed by atoms with E-state index in [4.69, 9.17) is 4.74 Å². The molecular formula is C13H12O2. The van der Waals surface area contributed by atoms with Crippen molar-refractivity contribution in [3.05, 3.63) is 42.0 Å². The summed E-state index contributed by atoms with van der Waals surface area (Å²) in [6, 6.07) is 11.8. The zero-order valence-electron chi connectivity index (χ0n) is 8.78. The molecule has 0 aliphatic heterocycles. The lowest BCUT2D eigenvalue weighted by Crippen LogP contribution is -2.01. The lowest BCUT2D eigenvalue weighted by Gasteiger charge is -2.06. The fraction of sp³-hybridized carbons (Fsp3) is 0.154. The second-order valence-corrected chi connectivity index (χ2v) is 3.57. The van der Waals surface area contributed by atoms with E-state index in [2.05, 4.69) is 0 Å². The zero-order valence-corrected chi connectivity index (χ0v) is 8.78. The van der Waals surface area contributed by atoms with Crippen LogP contribution in [-0.2, 0) is 4.79 Å². The summed E-state index contributed by atoms with van der Waals surface area (Å²) in [5.41, 5.74) is 1.15. The molecule has 0 bridgehead atoms. The first-order valence-electron chi connectivity index (χ1n) is 4.84. The third-order valence-corrected chi connectivity index (χ3v) is 2.25. The van der Waals surface area contributed by atoms with Crippen LogP contribution in [0.25, 0.3) is 10.8 Å². The number of hydrogen-bond donors (Lipinski definition) is 0. The van der Waals surface area contributed by atoms with Crippen LogP contribution < -0.4 is 4.74 Å². The van der Waals surface area contributed by atoms with Crippen molar-refractivity contribution in [2.75, 3.05) is 0 Å². The summed E-state index contributed by atoms with van der Waals surface area (Å²) in [7, 11) is 0. The van der Waals surface area contributed by atoms with Gasteiger partial charge in [0.15, 0.2) is 0 Å². The van der Waals surface area contributed by atoms with Gasteiger partial charge in [-0.1, -0.05) is 29.8 Å². The Morgan fingerprint density at radius 1 is 1.20 bits per heavy atom. The minimum Gasteiger partial charge on any atom is -0.426 e. The first kappa shape index (κ1) is 9.71. The van der Waals surface area contributed by atoms with Gasteiger partial charge in [0.2, 0.25) is 0 Å². The molecule has 15 heavy (non-hydrogen) atoms. The summed E-state index contributed by atoms with van der Waals surface area (Å²) in [5, 5.41) is 2.06. The van der Waals surface area contributed by atoms with Crippen LogP contribution in [0.1, 0.15) is 12.5 Å². The average molecular weight is 200 g/mol. The number of carbonyl (C=O) groups excluding carboxylic acids is 1. The van der Waals surface area contributed by atoms with Gasteiger partial charge in [0.1, 0.15) is 5.75 Å². The highest BCUT2D eigenvalue weighted by Crippen LogP contribution is 2.26. The van der Waals surface area contributed by atoms with Gasteiger partial charge in [-0.25, -0.2) is 0 Å². The molecule has 2 heteroatoms. The van der Waals surface area contributed by atoms with Crippen molar-refractivity contribution >= 4 is 16.7 Å². The number of hydrogen-bond acceptors (Lipinski definition) is 2. The van der Waals surface area contributed by atoms with Crippen LogP contribution >= 0.6 is 0 Å². The molecule has 0 unspecified atom stereocenters. The molecule has 2 aromatic rings. The molecule has 2 aromatic carbocycles. The minimum absolute atomic E-state index is 0.288. The van der Waals surface area contributed by atoms with Crippen LogP contribution in [0.3, 0.4) is 0 Å². The summed E-state index contributed by atoms with van der Waals surface area (Å²) < 4.78 is 5.14. The fourth-order valence-electron chi connectivity index (χ4n) is 1.60. The van der Waals surface area contributed by atoms with Crippen molar-refractivity contribution in [1.29, 1.82) is 0 Å². The predicted molar refractivity (Wildman–Crippen MR) is 60.0 cm³/mol. The highest BCUT2D eigenvalue weighted by atomic mass is 16.5.